The van der Waals surface area contributed by atoms with Crippen molar-refractivity contribution in [2.45, 2.75) is 24.4 Å². The zero-order chi connectivity index (χ0) is 12.0. The summed E-state index contributed by atoms with van der Waals surface area (Å²) in [6.07, 6.45) is -2.58. The van der Waals surface area contributed by atoms with E-state index in [1.807, 2.05) is 0 Å². The van der Waals surface area contributed by atoms with E-state index in [1.165, 1.54) is 6.07 Å². The summed E-state index contributed by atoms with van der Waals surface area (Å²) in [6, 6.07) is 3.10. The van der Waals surface area contributed by atoms with Crippen molar-refractivity contribution in [1.82, 2.24) is 0 Å². The van der Waals surface area contributed by atoms with E-state index >= 15 is 0 Å². The van der Waals surface area contributed by atoms with Crippen LogP contribution in [-0.2, 0) is 16.4 Å². The van der Waals surface area contributed by atoms with Gasteiger partial charge in [0.15, 0.2) is 0 Å². The molecule has 1 aromatic carbocycles. The highest BCUT2D eigenvalue weighted by Crippen LogP contribution is 2.49. The summed E-state index contributed by atoms with van der Waals surface area (Å²) in [5, 5.41) is 0.220. The highest BCUT2D eigenvalue weighted by atomic mass is 35.5. The molecule has 0 unspecified atom stereocenters. The fourth-order valence-electron chi connectivity index (χ4n) is 1.67. The number of halogens is 4. The molecular weight excluding hydrogens is 241 g/mol. The van der Waals surface area contributed by atoms with E-state index in [1.54, 1.807) is 0 Å². The molecule has 5 heteroatoms. The van der Waals surface area contributed by atoms with Crippen molar-refractivity contribution in [1.29, 1.82) is 0 Å². The van der Waals surface area contributed by atoms with Crippen LogP contribution in [0.5, 0.6) is 0 Å². The summed E-state index contributed by atoms with van der Waals surface area (Å²) in [4.78, 5) is 10.9. The smallest absolute Gasteiger partial charge is 0.302 e. The molecule has 0 spiro atoms. The summed E-state index contributed by atoms with van der Waals surface area (Å²) in [5.74, 6) is 0. The molecule has 0 radical (unpaired) electrons. The summed E-state index contributed by atoms with van der Waals surface area (Å²) in [5.41, 5.74) is -1.25. The molecule has 0 aliphatic heterocycles. The van der Waals surface area contributed by atoms with Crippen molar-refractivity contribution in [3.05, 3.63) is 34.3 Å². The lowest BCUT2D eigenvalue weighted by molar-refractivity contribution is -0.137. The number of hydrogen-bond donors (Lipinski definition) is 0. The van der Waals surface area contributed by atoms with E-state index in [4.69, 9.17) is 11.6 Å². The largest absolute Gasteiger partial charge is 0.416 e. The van der Waals surface area contributed by atoms with Gasteiger partial charge in [0, 0.05) is 5.02 Å². The lowest BCUT2D eigenvalue weighted by Gasteiger charge is -2.13. The lowest BCUT2D eigenvalue weighted by atomic mass is 9.95. The first-order valence-corrected chi connectivity index (χ1v) is 5.10. The minimum Gasteiger partial charge on any atom is -0.302 e. The van der Waals surface area contributed by atoms with Crippen LogP contribution in [0.2, 0.25) is 5.02 Å². The molecule has 0 aromatic heterocycles. The number of carbonyl (C=O) groups excluding carboxylic acids is 1. The Kier molecular flexibility index (Phi) is 2.49. The van der Waals surface area contributed by atoms with Crippen LogP contribution >= 0.6 is 11.6 Å². The second kappa shape index (κ2) is 3.48. The van der Waals surface area contributed by atoms with Gasteiger partial charge in [-0.05, 0) is 36.6 Å². The highest BCUT2D eigenvalue weighted by molar-refractivity contribution is 6.31. The molecule has 0 saturated heterocycles. The van der Waals surface area contributed by atoms with Crippen LogP contribution in [0.1, 0.15) is 24.0 Å². The van der Waals surface area contributed by atoms with Gasteiger partial charge >= 0.3 is 6.18 Å². The van der Waals surface area contributed by atoms with Crippen molar-refractivity contribution >= 4 is 17.9 Å². The molecular formula is C11H8ClF3O. The minimum absolute atomic E-state index is 0.220. The summed E-state index contributed by atoms with van der Waals surface area (Å²) in [6.45, 7) is 0. The van der Waals surface area contributed by atoms with Crippen LogP contribution in [0.25, 0.3) is 0 Å². The van der Waals surface area contributed by atoms with Gasteiger partial charge in [0.2, 0.25) is 0 Å². The predicted octanol–water partition coefficient (Wildman–Crippen LogP) is 3.59. The van der Waals surface area contributed by atoms with Gasteiger partial charge in [0.05, 0.1) is 11.0 Å². The average molecular weight is 249 g/mol. The van der Waals surface area contributed by atoms with Crippen LogP contribution in [0, 0.1) is 0 Å². The van der Waals surface area contributed by atoms with E-state index in [0.29, 0.717) is 24.7 Å². The number of aldehydes is 1. The van der Waals surface area contributed by atoms with Crippen LogP contribution in [-0.4, -0.2) is 6.29 Å². The zero-order valence-electron chi connectivity index (χ0n) is 8.14. The summed E-state index contributed by atoms with van der Waals surface area (Å²) in [7, 11) is 0. The third-order valence-corrected chi connectivity index (χ3v) is 3.17. The van der Waals surface area contributed by atoms with Crippen molar-refractivity contribution in [2.24, 2.45) is 0 Å². The second-order valence-electron chi connectivity index (χ2n) is 3.97. The van der Waals surface area contributed by atoms with Gasteiger partial charge in [-0.15, -0.1) is 0 Å². The molecule has 0 N–H and O–H groups in total. The first kappa shape index (κ1) is 11.5. The standard InChI is InChI=1S/C11H8ClF3O/c12-9-2-1-7(11(13,14)15)5-8(9)10(6-16)3-4-10/h1-2,5-6H,3-4H2. The second-order valence-corrected chi connectivity index (χ2v) is 4.37. The molecule has 1 nitrogen and oxygen atoms in total. The number of hydrogen-bond acceptors (Lipinski definition) is 1. The first-order valence-electron chi connectivity index (χ1n) is 4.73. The van der Waals surface area contributed by atoms with Gasteiger partial charge in [-0.1, -0.05) is 11.6 Å². The SMILES string of the molecule is O=CC1(c2cc(C(F)(F)F)ccc2Cl)CC1. The van der Waals surface area contributed by atoms with E-state index < -0.39 is 17.2 Å². The third-order valence-electron chi connectivity index (χ3n) is 2.84. The Bertz CT molecular complexity index is 435. The monoisotopic (exact) mass is 248 g/mol. The fraction of sp³-hybridized carbons (Fsp3) is 0.364. The molecule has 0 heterocycles. The topological polar surface area (TPSA) is 17.1 Å². The number of carbonyl (C=O) groups is 1. The average Bonchev–Trinajstić information content (AvgIpc) is 2.97. The molecule has 0 bridgehead atoms. The van der Waals surface area contributed by atoms with Crippen LogP contribution in [0.15, 0.2) is 18.2 Å². The van der Waals surface area contributed by atoms with Crippen molar-refractivity contribution < 1.29 is 18.0 Å². The highest BCUT2D eigenvalue weighted by Gasteiger charge is 2.46. The fourth-order valence-corrected chi connectivity index (χ4v) is 1.97. The number of benzene rings is 1. The number of rotatable bonds is 2. The maximum Gasteiger partial charge on any atom is 0.416 e. The van der Waals surface area contributed by atoms with Crippen LogP contribution in [0.3, 0.4) is 0 Å². The van der Waals surface area contributed by atoms with Gasteiger partial charge < -0.3 is 4.79 Å². The molecule has 1 saturated carbocycles. The van der Waals surface area contributed by atoms with Gasteiger partial charge in [-0.25, -0.2) is 0 Å². The third kappa shape index (κ3) is 1.82. The lowest BCUT2D eigenvalue weighted by Crippen LogP contribution is -2.12. The molecule has 1 aliphatic rings. The Morgan fingerprint density at radius 1 is 1.31 bits per heavy atom. The Hall–Kier alpha value is -1.03. The summed E-state index contributed by atoms with van der Waals surface area (Å²) < 4.78 is 37.4. The van der Waals surface area contributed by atoms with Gasteiger partial charge in [0.25, 0.3) is 0 Å². The quantitative estimate of drug-likeness (QED) is 0.731. The normalized spacial score (nSPS) is 18.2. The van der Waals surface area contributed by atoms with Crippen LogP contribution in [0.4, 0.5) is 13.2 Å². The Morgan fingerprint density at radius 2 is 1.94 bits per heavy atom. The number of alkyl halides is 3. The van der Waals surface area contributed by atoms with Crippen molar-refractivity contribution in [2.75, 3.05) is 0 Å². The van der Waals surface area contributed by atoms with E-state index in [2.05, 4.69) is 0 Å². The zero-order valence-corrected chi connectivity index (χ0v) is 8.90. The van der Waals surface area contributed by atoms with Gasteiger partial charge in [-0.3, -0.25) is 0 Å². The van der Waals surface area contributed by atoms with E-state index in [9.17, 15) is 18.0 Å². The van der Waals surface area contributed by atoms with E-state index in [0.717, 1.165) is 12.1 Å². The van der Waals surface area contributed by atoms with Crippen molar-refractivity contribution in [3.8, 4) is 0 Å². The molecule has 16 heavy (non-hydrogen) atoms. The van der Waals surface area contributed by atoms with Gasteiger partial charge in [0.1, 0.15) is 6.29 Å². The van der Waals surface area contributed by atoms with E-state index in [-0.39, 0.29) is 5.02 Å². The first-order chi connectivity index (χ1) is 7.39. The Morgan fingerprint density at radius 3 is 2.38 bits per heavy atom. The van der Waals surface area contributed by atoms with Crippen molar-refractivity contribution in [3.63, 3.8) is 0 Å². The van der Waals surface area contributed by atoms with Gasteiger partial charge in [-0.2, -0.15) is 13.2 Å². The molecule has 2 rings (SSSR count). The molecule has 86 valence electrons. The summed E-state index contributed by atoms with van der Waals surface area (Å²) >= 11 is 5.82. The minimum atomic E-state index is -4.40. The molecule has 1 fully saturated rings. The molecule has 1 aromatic rings. The maximum atomic E-state index is 12.5. The van der Waals surface area contributed by atoms with Crippen LogP contribution < -0.4 is 0 Å². The Labute approximate surface area is 95.2 Å². The molecule has 0 atom stereocenters. The predicted molar refractivity (Wildman–Crippen MR) is 53.4 cm³/mol. The molecule has 1 aliphatic carbocycles. The maximum absolute atomic E-state index is 12.5. The Balaban J connectivity index is 2.50. The molecule has 0 amide bonds.